The lowest BCUT2D eigenvalue weighted by Crippen LogP contribution is -2.12. The summed E-state index contributed by atoms with van der Waals surface area (Å²) in [5, 5.41) is 3.72. The van der Waals surface area contributed by atoms with E-state index in [0.29, 0.717) is 12.2 Å². The lowest BCUT2D eigenvalue weighted by molar-refractivity contribution is -0.115. The first-order chi connectivity index (χ1) is 8.75. The largest absolute Gasteiger partial charge is 0.329 e. The number of aromatic nitrogens is 3. The van der Waals surface area contributed by atoms with Gasteiger partial charge in [-0.25, -0.2) is 4.98 Å². The summed E-state index contributed by atoms with van der Waals surface area (Å²) in [4.78, 5) is 19.8. The number of anilines is 1. The predicted molar refractivity (Wildman–Crippen MR) is 71.4 cm³/mol. The van der Waals surface area contributed by atoms with Crippen LogP contribution >= 0.6 is 11.8 Å². The van der Waals surface area contributed by atoms with Crippen molar-refractivity contribution < 1.29 is 4.79 Å². The molecule has 1 amide bonds. The van der Waals surface area contributed by atoms with Crippen molar-refractivity contribution >= 4 is 23.4 Å². The van der Waals surface area contributed by atoms with E-state index in [2.05, 4.69) is 15.3 Å². The summed E-state index contributed by atoms with van der Waals surface area (Å²) in [6, 6.07) is 3.61. The van der Waals surface area contributed by atoms with E-state index in [1.165, 1.54) is 0 Å². The average Bonchev–Trinajstić information content (AvgIpc) is 2.76. The highest BCUT2D eigenvalue weighted by Crippen LogP contribution is 2.15. The van der Waals surface area contributed by atoms with Crippen molar-refractivity contribution in [1.29, 1.82) is 0 Å². The molecule has 0 fully saturated rings. The van der Waals surface area contributed by atoms with Gasteiger partial charge in [0.2, 0.25) is 5.91 Å². The van der Waals surface area contributed by atoms with Crippen molar-refractivity contribution in [1.82, 2.24) is 14.5 Å². The molecule has 6 heteroatoms. The minimum absolute atomic E-state index is 0.00953. The predicted octanol–water partition coefficient (Wildman–Crippen LogP) is 1.94. The van der Waals surface area contributed by atoms with Gasteiger partial charge in [0.15, 0.2) is 5.16 Å². The van der Waals surface area contributed by atoms with Crippen LogP contribution in [-0.4, -0.2) is 26.2 Å². The van der Waals surface area contributed by atoms with Gasteiger partial charge in [0, 0.05) is 37.8 Å². The molecule has 0 radical (unpaired) electrons. The zero-order chi connectivity index (χ0) is 12.8. The van der Waals surface area contributed by atoms with E-state index in [9.17, 15) is 4.79 Å². The zero-order valence-electron chi connectivity index (χ0n) is 10.0. The van der Waals surface area contributed by atoms with E-state index in [-0.39, 0.29) is 5.91 Å². The van der Waals surface area contributed by atoms with Crippen molar-refractivity contribution in [3.63, 3.8) is 0 Å². The van der Waals surface area contributed by atoms with Crippen molar-refractivity contribution in [3.8, 4) is 0 Å². The molecule has 0 spiro atoms. The second-order valence-electron chi connectivity index (χ2n) is 3.71. The Labute approximate surface area is 110 Å². The Kier molecular flexibility index (Phi) is 4.35. The number of hydrogen-bond donors (Lipinski definition) is 1. The van der Waals surface area contributed by atoms with Gasteiger partial charge < -0.3 is 9.88 Å². The van der Waals surface area contributed by atoms with Gasteiger partial charge in [-0.1, -0.05) is 11.8 Å². The highest BCUT2D eigenvalue weighted by molar-refractivity contribution is 7.99. The Bertz CT molecular complexity index is 512. The van der Waals surface area contributed by atoms with Crippen LogP contribution in [0.1, 0.15) is 6.42 Å². The van der Waals surface area contributed by atoms with Gasteiger partial charge in [0.1, 0.15) is 0 Å². The summed E-state index contributed by atoms with van der Waals surface area (Å²) in [5.41, 5.74) is 0.726. The van der Waals surface area contributed by atoms with Crippen LogP contribution in [0.25, 0.3) is 0 Å². The molecule has 2 rings (SSSR count). The molecule has 0 aromatic carbocycles. The van der Waals surface area contributed by atoms with Crippen LogP contribution in [-0.2, 0) is 11.8 Å². The Morgan fingerprint density at radius 2 is 2.39 bits per heavy atom. The zero-order valence-corrected chi connectivity index (χ0v) is 10.9. The van der Waals surface area contributed by atoms with Crippen molar-refractivity contribution in [2.24, 2.45) is 7.05 Å². The molecule has 2 heterocycles. The number of amides is 1. The number of thioether (sulfide) groups is 1. The van der Waals surface area contributed by atoms with E-state index in [4.69, 9.17) is 0 Å². The number of carbonyl (C=O) groups excluding carboxylic acids is 1. The molecule has 5 nitrogen and oxygen atoms in total. The summed E-state index contributed by atoms with van der Waals surface area (Å²) in [7, 11) is 1.94. The average molecular weight is 262 g/mol. The Balaban J connectivity index is 1.74. The third kappa shape index (κ3) is 3.59. The van der Waals surface area contributed by atoms with E-state index in [1.54, 1.807) is 36.4 Å². The number of imidazole rings is 1. The third-order valence-electron chi connectivity index (χ3n) is 2.28. The number of pyridine rings is 1. The number of carbonyl (C=O) groups is 1. The quantitative estimate of drug-likeness (QED) is 0.836. The highest BCUT2D eigenvalue weighted by atomic mass is 32.2. The SMILES string of the molecule is Cn1ccnc1SCCC(=O)Nc1cccnc1. The maximum absolute atomic E-state index is 11.6. The summed E-state index contributed by atoms with van der Waals surface area (Å²) < 4.78 is 1.93. The normalized spacial score (nSPS) is 10.3. The van der Waals surface area contributed by atoms with Crippen LogP contribution in [0.5, 0.6) is 0 Å². The lowest BCUT2D eigenvalue weighted by Gasteiger charge is -2.04. The van der Waals surface area contributed by atoms with Crippen molar-refractivity contribution in [2.75, 3.05) is 11.1 Å². The van der Waals surface area contributed by atoms with Crippen LogP contribution in [0.4, 0.5) is 5.69 Å². The topological polar surface area (TPSA) is 59.8 Å². The standard InChI is InChI=1S/C12H14N4OS/c1-16-7-6-14-12(16)18-8-4-11(17)15-10-3-2-5-13-9-10/h2-3,5-7,9H,4,8H2,1H3,(H,15,17). The molecule has 0 aliphatic rings. The minimum Gasteiger partial charge on any atom is -0.329 e. The maximum Gasteiger partial charge on any atom is 0.225 e. The molecule has 2 aromatic rings. The second-order valence-corrected chi connectivity index (χ2v) is 4.77. The number of hydrogen-bond acceptors (Lipinski definition) is 4. The highest BCUT2D eigenvalue weighted by Gasteiger charge is 2.04. The van der Waals surface area contributed by atoms with Crippen LogP contribution in [0.15, 0.2) is 42.1 Å². The first-order valence-corrected chi connectivity index (χ1v) is 6.54. The molecule has 18 heavy (non-hydrogen) atoms. The summed E-state index contributed by atoms with van der Waals surface area (Å²) in [6.45, 7) is 0. The summed E-state index contributed by atoms with van der Waals surface area (Å²) >= 11 is 1.57. The van der Waals surface area contributed by atoms with Gasteiger partial charge >= 0.3 is 0 Å². The third-order valence-corrected chi connectivity index (χ3v) is 3.34. The number of aryl methyl sites for hydroxylation is 1. The van der Waals surface area contributed by atoms with Gasteiger partial charge in [0.05, 0.1) is 11.9 Å². The fourth-order valence-electron chi connectivity index (χ4n) is 1.39. The van der Waals surface area contributed by atoms with Crippen molar-refractivity contribution in [3.05, 3.63) is 36.9 Å². The van der Waals surface area contributed by atoms with E-state index in [0.717, 1.165) is 10.8 Å². The molecule has 0 unspecified atom stereocenters. The van der Waals surface area contributed by atoms with Gasteiger partial charge in [0.25, 0.3) is 0 Å². The smallest absolute Gasteiger partial charge is 0.225 e. The summed E-state index contributed by atoms with van der Waals surface area (Å²) in [5.74, 6) is 0.696. The Hall–Kier alpha value is -1.82. The summed E-state index contributed by atoms with van der Waals surface area (Å²) in [6.07, 6.45) is 7.39. The Morgan fingerprint density at radius 1 is 1.50 bits per heavy atom. The van der Waals surface area contributed by atoms with Crippen LogP contribution in [0, 0.1) is 0 Å². The second kappa shape index (κ2) is 6.20. The van der Waals surface area contributed by atoms with Crippen molar-refractivity contribution in [2.45, 2.75) is 11.6 Å². The fourth-order valence-corrected chi connectivity index (χ4v) is 2.26. The maximum atomic E-state index is 11.6. The van der Waals surface area contributed by atoms with Gasteiger partial charge in [-0.3, -0.25) is 9.78 Å². The monoisotopic (exact) mass is 262 g/mol. The first-order valence-electron chi connectivity index (χ1n) is 5.56. The van der Waals surface area contributed by atoms with Crippen LogP contribution < -0.4 is 5.32 Å². The van der Waals surface area contributed by atoms with E-state index >= 15 is 0 Å². The molecule has 0 atom stereocenters. The molecule has 0 aliphatic carbocycles. The first kappa shape index (κ1) is 12.6. The number of nitrogens with one attached hydrogen (secondary N) is 1. The van der Waals surface area contributed by atoms with Crippen LogP contribution in [0.3, 0.4) is 0 Å². The molecule has 0 aliphatic heterocycles. The fraction of sp³-hybridized carbons (Fsp3) is 0.250. The Morgan fingerprint density at radius 3 is 3.06 bits per heavy atom. The molecular formula is C12H14N4OS. The molecule has 2 aromatic heterocycles. The van der Waals surface area contributed by atoms with E-state index in [1.807, 2.05) is 23.9 Å². The van der Waals surface area contributed by atoms with Crippen LogP contribution in [0.2, 0.25) is 0 Å². The van der Waals surface area contributed by atoms with Gasteiger partial charge in [-0.05, 0) is 12.1 Å². The molecule has 0 bridgehead atoms. The molecule has 0 saturated carbocycles. The minimum atomic E-state index is -0.00953. The van der Waals surface area contributed by atoms with Gasteiger partial charge in [-0.15, -0.1) is 0 Å². The van der Waals surface area contributed by atoms with E-state index < -0.39 is 0 Å². The molecular weight excluding hydrogens is 248 g/mol. The molecule has 0 saturated heterocycles. The number of rotatable bonds is 5. The molecule has 94 valence electrons. The van der Waals surface area contributed by atoms with Gasteiger partial charge in [-0.2, -0.15) is 0 Å². The number of nitrogens with zero attached hydrogens (tertiary/aromatic N) is 3. The lowest BCUT2D eigenvalue weighted by atomic mass is 10.4. The molecule has 1 N–H and O–H groups in total.